The van der Waals surface area contributed by atoms with E-state index in [1.807, 2.05) is 35.7 Å². The zero-order chi connectivity index (χ0) is 21.3. The van der Waals surface area contributed by atoms with Crippen molar-refractivity contribution in [1.82, 2.24) is 4.98 Å². The topological polar surface area (TPSA) is 70.5 Å². The van der Waals surface area contributed by atoms with Gasteiger partial charge in [-0.05, 0) is 36.0 Å². The summed E-state index contributed by atoms with van der Waals surface area (Å²) in [5.41, 5.74) is 3.89. The van der Waals surface area contributed by atoms with Crippen LogP contribution in [0.25, 0.3) is 11.3 Å². The van der Waals surface area contributed by atoms with Crippen LogP contribution >= 0.6 is 22.9 Å². The van der Waals surface area contributed by atoms with Crippen molar-refractivity contribution in [2.75, 3.05) is 11.9 Å². The Balaban J connectivity index is 1.56. The number of fused-ring (bicyclic) bond motifs is 1. The monoisotopic (exact) mass is 440 g/mol. The summed E-state index contributed by atoms with van der Waals surface area (Å²) < 4.78 is 0. The minimum atomic E-state index is -0.964. The van der Waals surface area contributed by atoms with Gasteiger partial charge in [0.05, 0.1) is 18.0 Å². The molecule has 0 spiro atoms. The van der Waals surface area contributed by atoms with E-state index in [1.54, 1.807) is 13.1 Å². The van der Waals surface area contributed by atoms with Crippen molar-refractivity contribution < 1.29 is 14.7 Å². The number of aliphatic carboxylic acids is 1. The minimum absolute atomic E-state index is 0.0311. The van der Waals surface area contributed by atoms with Gasteiger partial charge in [-0.25, -0.2) is 4.98 Å². The van der Waals surface area contributed by atoms with E-state index in [4.69, 9.17) is 11.6 Å². The van der Waals surface area contributed by atoms with Crippen LogP contribution in [-0.2, 0) is 22.4 Å². The standard InChI is InChI=1S/C23H21ClN2O3S/c1-26(23-25-20(13-30-23)17-8-4-5-9-19(17)24)22(29)18(12-21(27)28)16-10-14-6-2-3-7-15(14)11-16/h2-9,13,16,18H,10-12H2,1H3,(H,27,28)/t18-/m0/s1. The summed E-state index contributed by atoms with van der Waals surface area (Å²) in [5.74, 6) is -1.81. The van der Waals surface area contributed by atoms with Gasteiger partial charge in [0.2, 0.25) is 5.91 Å². The molecule has 1 aromatic heterocycles. The van der Waals surface area contributed by atoms with E-state index >= 15 is 0 Å². The number of hydrogen-bond acceptors (Lipinski definition) is 4. The average Bonchev–Trinajstić information content (AvgIpc) is 3.38. The molecule has 1 aliphatic rings. The fraction of sp³-hybridized carbons (Fsp3) is 0.261. The van der Waals surface area contributed by atoms with Crippen molar-refractivity contribution in [3.63, 3.8) is 0 Å². The summed E-state index contributed by atoms with van der Waals surface area (Å²) >= 11 is 7.61. The van der Waals surface area contributed by atoms with E-state index in [-0.39, 0.29) is 18.2 Å². The lowest BCUT2D eigenvalue weighted by atomic mass is 9.86. The molecule has 1 N–H and O–H groups in total. The number of aromatic nitrogens is 1. The number of rotatable bonds is 6. The number of hydrogen-bond donors (Lipinski definition) is 1. The summed E-state index contributed by atoms with van der Waals surface area (Å²) in [6.07, 6.45) is 1.25. The molecule has 1 aliphatic carbocycles. The molecule has 2 aromatic carbocycles. The Hall–Kier alpha value is -2.70. The maximum absolute atomic E-state index is 13.3. The van der Waals surface area contributed by atoms with E-state index in [2.05, 4.69) is 17.1 Å². The van der Waals surface area contributed by atoms with Gasteiger partial charge in [-0.2, -0.15) is 0 Å². The van der Waals surface area contributed by atoms with Crippen molar-refractivity contribution in [3.8, 4) is 11.3 Å². The van der Waals surface area contributed by atoms with Crippen molar-refractivity contribution in [2.45, 2.75) is 19.3 Å². The number of carboxylic acid groups (broad SMARTS) is 1. The predicted octanol–water partition coefficient (Wildman–Crippen LogP) is 4.93. The number of amides is 1. The third-order valence-electron chi connectivity index (χ3n) is 5.62. The smallest absolute Gasteiger partial charge is 0.304 e. The van der Waals surface area contributed by atoms with Crippen LogP contribution in [0.1, 0.15) is 17.5 Å². The van der Waals surface area contributed by atoms with E-state index in [1.165, 1.54) is 27.4 Å². The molecule has 3 aromatic rings. The molecule has 154 valence electrons. The quantitative estimate of drug-likeness (QED) is 0.589. The Bertz CT molecular complexity index is 1070. The zero-order valence-corrected chi connectivity index (χ0v) is 18.0. The lowest BCUT2D eigenvalue weighted by Crippen LogP contribution is -2.38. The first-order valence-corrected chi connectivity index (χ1v) is 11.0. The highest BCUT2D eigenvalue weighted by Gasteiger charge is 2.37. The second kappa shape index (κ2) is 8.58. The number of carbonyl (C=O) groups excluding carboxylic acids is 1. The molecule has 5 nitrogen and oxygen atoms in total. The van der Waals surface area contributed by atoms with Crippen molar-refractivity contribution in [3.05, 3.63) is 70.1 Å². The van der Waals surface area contributed by atoms with Crippen LogP contribution in [0.4, 0.5) is 5.13 Å². The van der Waals surface area contributed by atoms with Crippen molar-refractivity contribution in [1.29, 1.82) is 0 Å². The highest BCUT2D eigenvalue weighted by molar-refractivity contribution is 7.14. The molecule has 1 heterocycles. The molecule has 0 fully saturated rings. The highest BCUT2D eigenvalue weighted by Crippen LogP contribution is 2.36. The lowest BCUT2D eigenvalue weighted by molar-refractivity contribution is -0.141. The van der Waals surface area contributed by atoms with E-state index in [9.17, 15) is 14.7 Å². The van der Waals surface area contributed by atoms with Gasteiger partial charge in [0, 0.05) is 23.0 Å². The normalized spacial score (nSPS) is 14.3. The summed E-state index contributed by atoms with van der Waals surface area (Å²) in [5, 5.41) is 12.4. The maximum Gasteiger partial charge on any atom is 0.304 e. The first-order chi connectivity index (χ1) is 14.4. The Labute approximate surface area is 183 Å². The highest BCUT2D eigenvalue weighted by atomic mass is 35.5. The Morgan fingerprint density at radius 1 is 1.17 bits per heavy atom. The van der Waals surface area contributed by atoms with Gasteiger partial charge >= 0.3 is 5.97 Å². The predicted molar refractivity (Wildman–Crippen MR) is 119 cm³/mol. The molecule has 1 amide bonds. The first-order valence-electron chi connectivity index (χ1n) is 9.70. The first kappa shape index (κ1) is 20.6. The largest absolute Gasteiger partial charge is 0.481 e. The zero-order valence-electron chi connectivity index (χ0n) is 16.4. The second-order valence-electron chi connectivity index (χ2n) is 7.53. The molecule has 4 rings (SSSR count). The van der Waals surface area contributed by atoms with Crippen LogP contribution in [0.2, 0.25) is 5.02 Å². The molecular weight excluding hydrogens is 420 g/mol. The van der Waals surface area contributed by atoms with Gasteiger partial charge in [0.1, 0.15) is 0 Å². The Morgan fingerprint density at radius 2 is 1.80 bits per heavy atom. The molecule has 0 saturated carbocycles. The molecule has 0 saturated heterocycles. The number of halogens is 1. The number of carbonyl (C=O) groups is 2. The van der Waals surface area contributed by atoms with Crippen LogP contribution in [0.3, 0.4) is 0 Å². The average molecular weight is 441 g/mol. The number of thiazole rings is 1. The van der Waals surface area contributed by atoms with E-state index < -0.39 is 11.9 Å². The molecule has 0 unspecified atom stereocenters. The molecule has 0 radical (unpaired) electrons. The van der Waals surface area contributed by atoms with Crippen molar-refractivity contribution >= 4 is 39.9 Å². The van der Waals surface area contributed by atoms with Crippen LogP contribution < -0.4 is 4.90 Å². The Kier molecular flexibility index (Phi) is 5.88. The number of nitrogens with zero attached hydrogens (tertiary/aromatic N) is 2. The summed E-state index contributed by atoms with van der Waals surface area (Å²) in [4.78, 5) is 30.9. The van der Waals surface area contributed by atoms with Crippen LogP contribution in [0.5, 0.6) is 0 Å². The number of anilines is 1. The van der Waals surface area contributed by atoms with Crippen LogP contribution in [0, 0.1) is 11.8 Å². The van der Waals surface area contributed by atoms with Crippen molar-refractivity contribution in [2.24, 2.45) is 11.8 Å². The van der Waals surface area contributed by atoms with E-state index in [0.29, 0.717) is 15.8 Å². The van der Waals surface area contributed by atoms with Gasteiger partial charge in [0.25, 0.3) is 0 Å². The molecule has 0 bridgehead atoms. The molecule has 30 heavy (non-hydrogen) atoms. The molecule has 7 heteroatoms. The number of benzene rings is 2. The van der Waals surface area contributed by atoms with Crippen LogP contribution in [-0.4, -0.2) is 29.0 Å². The van der Waals surface area contributed by atoms with Gasteiger partial charge in [-0.3, -0.25) is 14.5 Å². The maximum atomic E-state index is 13.3. The van der Waals surface area contributed by atoms with Gasteiger partial charge in [-0.1, -0.05) is 54.1 Å². The molecule has 1 atom stereocenters. The summed E-state index contributed by atoms with van der Waals surface area (Å²) in [7, 11) is 1.66. The van der Waals surface area contributed by atoms with Gasteiger partial charge in [0.15, 0.2) is 5.13 Å². The van der Waals surface area contributed by atoms with Crippen LogP contribution in [0.15, 0.2) is 53.9 Å². The molecular formula is C23H21ClN2O3S. The fourth-order valence-electron chi connectivity index (χ4n) is 4.08. The fourth-order valence-corrected chi connectivity index (χ4v) is 5.10. The SMILES string of the molecule is CN(C(=O)[C@@H](CC(=O)O)C1Cc2ccccc2C1)c1nc(-c2ccccc2Cl)cs1. The summed E-state index contributed by atoms with van der Waals surface area (Å²) in [6, 6.07) is 15.5. The second-order valence-corrected chi connectivity index (χ2v) is 8.78. The van der Waals surface area contributed by atoms with E-state index in [0.717, 1.165) is 18.4 Å². The summed E-state index contributed by atoms with van der Waals surface area (Å²) in [6.45, 7) is 0. The lowest BCUT2D eigenvalue weighted by Gasteiger charge is -2.25. The third-order valence-corrected chi connectivity index (χ3v) is 6.87. The van der Waals surface area contributed by atoms with Gasteiger partial charge in [-0.15, -0.1) is 11.3 Å². The third kappa shape index (κ3) is 4.11. The minimum Gasteiger partial charge on any atom is -0.481 e. The van der Waals surface area contributed by atoms with Gasteiger partial charge < -0.3 is 5.11 Å². The number of carboxylic acids is 1. The Morgan fingerprint density at radius 3 is 2.43 bits per heavy atom. The molecule has 0 aliphatic heterocycles.